The minimum Gasteiger partial charge on any atom is -0.465 e. The van der Waals surface area contributed by atoms with Gasteiger partial charge in [0.05, 0.1) is 18.6 Å². The molecule has 0 bridgehead atoms. The number of esters is 1. The van der Waals surface area contributed by atoms with Gasteiger partial charge in [0.1, 0.15) is 0 Å². The van der Waals surface area contributed by atoms with Crippen molar-refractivity contribution < 1.29 is 19.1 Å². The van der Waals surface area contributed by atoms with Gasteiger partial charge in [-0.2, -0.15) is 0 Å². The quantitative estimate of drug-likeness (QED) is 0.825. The highest BCUT2D eigenvalue weighted by Gasteiger charge is 2.35. The molecule has 1 aliphatic heterocycles. The van der Waals surface area contributed by atoms with Crippen LogP contribution in [0.3, 0.4) is 0 Å². The van der Waals surface area contributed by atoms with E-state index in [-0.39, 0.29) is 24.2 Å². The minimum atomic E-state index is -0.428. The van der Waals surface area contributed by atoms with Gasteiger partial charge in [-0.15, -0.1) is 0 Å². The molecule has 27 heavy (non-hydrogen) atoms. The average Bonchev–Trinajstić information content (AvgIpc) is 3.08. The van der Waals surface area contributed by atoms with Crippen molar-refractivity contribution in [3.8, 4) is 0 Å². The molecular weight excluding hydrogens is 344 g/mol. The highest BCUT2D eigenvalue weighted by Crippen LogP contribution is 2.25. The Labute approximate surface area is 158 Å². The fraction of sp³-hybridized carbons (Fsp3) is 0.286. The molecule has 2 aromatic carbocycles. The average molecular weight is 366 g/mol. The monoisotopic (exact) mass is 366 g/mol. The van der Waals surface area contributed by atoms with Crippen molar-refractivity contribution in [3.63, 3.8) is 0 Å². The fourth-order valence-electron chi connectivity index (χ4n) is 3.07. The Morgan fingerprint density at radius 1 is 1.11 bits per heavy atom. The van der Waals surface area contributed by atoms with Crippen molar-refractivity contribution in [2.45, 2.75) is 19.9 Å². The normalized spacial score (nSPS) is 16.3. The Balaban J connectivity index is 1.60. The molecule has 1 saturated heterocycles. The van der Waals surface area contributed by atoms with Gasteiger partial charge in [0, 0.05) is 25.2 Å². The van der Waals surface area contributed by atoms with Crippen LogP contribution >= 0.6 is 0 Å². The number of rotatable bonds is 5. The van der Waals surface area contributed by atoms with E-state index in [1.54, 1.807) is 29.2 Å². The first-order valence-electron chi connectivity index (χ1n) is 8.80. The molecule has 3 rings (SSSR count). The molecule has 0 aromatic heterocycles. The van der Waals surface area contributed by atoms with Crippen molar-refractivity contribution in [2.24, 2.45) is 5.92 Å². The van der Waals surface area contributed by atoms with Gasteiger partial charge in [-0.25, -0.2) is 4.79 Å². The van der Waals surface area contributed by atoms with Crippen molar-refractivity contribution in [1.29, 1.82) is 0 Å². The topological polar surface area (TPSA) is 75.7 Å². The number of benzene rings is 2. The number of hydrogen-bond acceptors (Lipinski definition) is 4. The largest absolute Gasteiger partial charge is 0.465 e. The van der Waals surface area contributed by atoms with Gasteiger partial charge in [0.15, 0.2) is 0 Å². The molecule has 6 heteroatoms. The highest BCUT2D eigenvalue weighted by molar-refractivity contribution is 6.00. The van der Waals surface area contributed by atoms with Crippen LogP contribution in [0.1, 0.15) is 27.9 Å². The summed E-state index contributed by atoms with van der Waals surface area (Å²) in [4.78, 5) is 37.9. The van der Waals surface area contributed by atoms with Crippen molar-refractivity contribution >= 4 is 23.5 Å². The molecule has 1 N–H and O–H groups in total. The van der Waals surface area contributed by atoms with Gasteiger partial charge in [-0.3, -0.25) is 9.59 Å². The van der Waals surface area contributed by atoms with Crippen LogP contribution in [0.25, 0.3) is 0 Å². The Kier molecular flexibility index (Phi) is 5.54. The zero-order valence-corrected chi connectivity index (χ0v) is 15.4. The van der Waals surface area contributed by atoms with E-state index in [2.05, 4.69) is 10.1 Å². The molecule has 0 radical (unpaired) electrons. The third-order valence-corrected chi connectivity index (χ3v) is 4.68. The molecule has 0 aliphatic carbocycles. The number of methoxy groups -OCH3 is 1. The molecule has 2 amide bonds. The summed E-state index contributed by atoms with van der Waals surface area (Å²) < 4.78 is 4.67. The van der Waals surface area contributed by atoms with E-state index < -0.39 is 5.97 Å². The molecule has 1 fully saturated rings. The maximum absolute atomic E-state index is 12.4. The zero-order chi connectivity index (χ0) is 19.4. The molecule has 0 spiro atoms. The van der Waals surface area contributed by atoms with Gasteiger partial charge in [-0.05, 0) is 36.8 Å². The molecule has 1 atom stereocenters. The number of nitrogens with one attached hydrogen (secondary N) is 1. The number of aryl methyl sites for hydroxylation is 1. The lowest BCUT2D eigenvalue weighted by molar-refractivity contribution is -0.126. The molecule has 1 heterocycles. The Bertz CT molecular complexity index is 843. The van der Waals surface area contributed by atoms with E-state index in [1.807, 2.05) is 31.2 Å². The van der Waals surface area contributed by atoms with Gasteiger partial charge in [0.25, 0.3) is 0 Å². The minimum absolute atomic E-state index is 0.101. The smallest absolute Gasteiger partial charge is 0.337 e. The second-order valence-corrected chi connectivity index (χ2v) is 6.65. The predicted molar refractivity (Wildman–Crippen MR) is 101 cm³/mol. The number of carbonyl (C=O) groups excluding carboxylic acids is 3. The summed E-state index contributed by atoms with van der Waals surface area (Å²) in [6.45, 7) is 2.78. The van der Waals surface area contributed by atoms with Crippen molar-refractivity contribution in [3.05, 3.63) is 65.2 Å². The first kappa shape index (κ1) is 18.6. The van der Waals surface area contributed by atoms with E-state index in [0.717, 1.165) is 5.56 Å². The maximum atomic E-state index is 12.4. The second kappa shape index (κ2) is 8.03. The first-order chi connectivity index (χ1) is 13.0. The SMILES string of the molecule is COC(=O)c1ccc(N2CC(C(=O)NCc3ccc(C)cc3)CC2=O)cc1. The summed E-state index contributed by atoms with van der Waals surface area (Å²) >= 11 is 0. The molecule has 140 valence electrons. The third-order valence-electron chi connectivity index (χ3n) is 4.68. The Morgan fingerprint density at radius 2 is 1.78 bits per heavy atom. The molecule has 0 saturated carbocycles. The number of carbonyl (C=O) groups is 3. The molecule has 1 unspecified atom stereocenters. The van der Waals surface area contributed by atoms with Crippen LogP contribution in [0.2, 0.25) is 0 Å². The third kappa shape index (κ3) is 4.34. The first-order valence-corrected chi connectivity index (χ1v) is 8.80. The van der Waals surface area contributed by atoms with Crippen LogP contribution in [0, 0.1) is 12.8 Å². The van der Waals surface area contributed by atoms with Gasteiger partial charge in [0.2, 0.25) is 11.8 Å². The molecule has 6 nitrogen and oxygen atoms in total. The Hall–Kier alpha value is -3.15. The number of amides is 2. The summed E-state index contributed by atoms with van der Waals surface area (Å²) in [7, 11) is 1.32. The lowest BCUT2D eigenvalue weighted by Crippen LogP contribution is -2.32. The van der Waals surface area contributed by atoms with Crippen LogP contribution in [0.4, 0.5) is 5.69 Å². The van der Waals surface area contributed by atoms with Gasteiger partial charge in [-0.1, -0.05) is 29.8 Å². The van der Waals surface area contributed by atoms with E-state index in [1.165, 1.54) is 12.7 Å². The van der Waals surface area contributed by atoms with Crippen molar-refractivity contribution in [2.75, 3.05) is 18.6 Å². The van der Waals surface area contributed by atoms with Crippen LogP contribution in [-0.2, 0) is 20.9 Å². The Morgan fingerprint density at radius 3 is 2.41 bits per heavy atom. The molecule has 2 aromatic rings. The fourth-order valence-corrected chi connectivity index (χ4v) is 3.07. The second-order valence-electron chi connectivity index (χ2n) is 6.65. The van der Waals surface area contributed by atoms with Crippen LogP contribution < -0.4 is 10.2 Å². The molecular formula is C21H22N2O4. The summed E-state index contributed by atoms with van der Waals surface area (Å²) in [6.07, 6.45) is 0.179. The lowest BCUT2D eigenvalue weighted by atomic mass is 10.1. The van der Waals surface area contributed by atoms with E-state index in [9.17, 15) is 14.4 Å². The van der Waals surface area contributed by atoms with Gasteiger partial charge >= 0.3 is 5.97 Å². The summed E-state index contributed by atoms with van der Waals surface area (Å²) in [5, 5.41) is 2.91. The van der Waals surface area contributed by atoms with Crippen LogP contribution in [0.5, 0.6) is 0 Å². The molecule has 1 aliphatic rings. The summed E-state index contributed by atoms with van der Waals surface area (Å²) in [5.41, 5.74) is 3.27. The maximum Gasteiger partial charge on any atom is 0.337 e. The standard InChI is InChI=1S/C21H22N2O4/c1-14-3-5-15(6-4-14)12-22-20(25)17-11-19(24)23(13-17)18-9-7-16(8-10-18)21(26)27-2/h3-10,17H,11-13H2,1-2H3,(H,22,25). The highest BCUT2D eigenvalue weighted by atomic mass is 16.5. The number of anilines is 1. The van der Waals surface area contributed by atoms with E-state index >= 15 is 0 Å². The van der Waals surface area contributed by atoms with Crippen molar-refractivity contribution in [1.82, 2.24) is 5.32 Å². The van der Waals surface area contributed by atoms with Crippen LogP contribution in [0.15, 0.2) is 48.5 Å². The van der Waals surface area contributed by atoms with E-state index in [0.29, 0.717) is 24.3 Å². The summed E-state index contributed by atoms with van der Waals surface area (Å²) in [6, 6.07) is 14.6. The lowest BCUT2D eigenvalue weighted by Gasteiger charge is -2.17. The summed E-state index contributed by atoms with van der Waals surface area (Å²) in [5.74, 6) is -1.04. The van der Waals surface area contributed by atoms with Gasteiger partial charge < -0.3 is 15.0 Å². The van der Waals surface area contributed by atoms with E-state index in [4.69, 9.17) is 0 Å². The number of nitrogens with zero attached hydrogens (tertiary/aromatic N) is 1. The number of hydrogen-bond donors (Lipinski definition) is 1. The zero-order valence-electron chi connectivity index (χ0n) is 15.4. The van der Waals surface area contributed by atoms with Crippen LogP contribution in [-0.4, -0.2) is 31.4 Å². The number of ether oxygens (including phenoxy) is 1. The predicted octanol–water partition coefficient (Wildman–Crippen LogP) is 2.45.